The van der Waals surface area contributed by atoms with E-state index >= 15 is 0 Å². The fourth-order valence-corrected chi connectivity index (χ4v) is 4.15. The normalized spacial score (nSPS) is 13.8. The molecule has 0 saturated heterocycles. The number of benzene rings is 3. The highest BCUT2D eigenvalue weighted by Gasteiger charge is 2.24. The highest BCUT2D eigenvalue weighted by atomic mass is 35.5. The van der Waals surface area contributed by atoms with Crippen LogP contribution in [0.1, 0.15) is 34.3 Å². The molecule has 188 valence electrons. The van der Waals surface area contributed by atoms with E-state index in [1.807, 2.05) is 48.5 Å². The molecule has 4 rings (SSSR count). The fourth-order valence-electron chi connectivity index (χ4n) is 4.02. The van der Waals surface area contributed by atoms with Crippen LogP contribution in [0.15, 0.2) is 89.6 Å². The van der Waals surface area contributed by atoms with Gasteiger partial charge in [-0.15, -0.1) is 0 Å². The smallest absolute Gasteiger partial charge is 0.269 e. The summed E-state index contributed by atoms with van der Waals surface area (Å²) in [6.07, 6.45) is 6.17. The Kier molecular flexibility index (Phi) is 8.84. The summed E-state index contributed by atoms with van der Waals surface area (Å²) in [7, 11) is 0. The molecule has 0 aliphatic carbocycles. The molecular weight excluding hydrogens is 484 g/mol. The van der Waals surface area contributed by atoms with Crippen molar-refractivity contribution in [3.05, 3.63) is 106 Å². The van der Waals surface area contributed by atoms with E-state index in [9.17, 15) is 4.79 Å². The molecular formula is C29H29ClN6O. The van der Waals surface area contributed by atoms with E-state index in [0.717, 1.165) is 35.6 Å². The van der Waals surface area contributed by atoms with Crippen molar-refractivity contribution < 1.29 is 4.79 Å². The molecule has 3 aromatic rings. The van der Waals surface area contributed by atoms with Crippen LogP contribution in [0.4, 0.5) is 5.69 Å². The number of rotatable bonds is 11. The first-order chi connectivity index (χ1) is 18.1. The molecule has 1 amide bonds. The number of amidine groups is 1. The molecule has 0 atom stereocenters. The Bertz CT molecular complexity index is 1270. The molecule has 0 spiro atoms. The van der Waals surface area contributed by atoms with E-state index in [4.69, 9.17) is 27.4 Å². The zero-order valence-electron chi connectivity index (χ0n) is 20.4. The van der Waals surface area contributed by atoms with Crippen LogP contribution in [0.5, 0.6) is 0 Å². The Morgan fingerprint density at radius 1 is 0.946 bits per heavy atom. The van der Waals surface area contributed by atoms with Crippen molar-refractivity contribution in [3.8, 4) is 0 Å². The lowest BCUT2D eigenvalue weighted by molar-refractivity contribution is 0.0881. The van der Waals surface area contributed by atoms with Crippen LogP contribution in [0.3, 0.4) is 0 Å². The predicted molar refractivity (Wildman–Crippen MR) is 152 cm³/mol. The summed E-state index contributed by atoms with van der Waals surface area (Å²) in [5, 5.41) is 17.0. The summed E-state index contributed by atoms with van der Waals surface area (Å²) >= 11 is 5.97. The third-order valence-corrected chi connectivity index (χ3v) is 6.13. The van der Waals surface area contributed by atoms with E-state index in [0.29, 0.717) is 35.8 Å². The van der Waals surface area contributed by atoms with Crippen molar-refractivity contribution in [1.82, 2.24) is 10.4 Å². The number of carbonyl (C=O) groups is 1. The number of hydrazine groups is 1. The summed E-state index contributed by atoms with van der Waals surface area (Å²) in [4.78, 5) is 19.9. The summed E-state index contributed by atoms with van der Waals surface area (Å²) in [5.41, 5.74) is 7.29. The van der Waals surface area contributed by atoms with Crippen molar-refractivity contribution in [2.75, 3.05) is 24.5 Å². The number of anilines is 1. The number of hydrogen-bond acceptors (Lipinski definition) is 6. The van der Waals surface area contributed by atoms with Crippen molar-refractivity contribution in [3.63, 3.8) is 0 Å². The lowest BCUT2D eigenvalue weighted by Crippen LogP contribution is -2.44. The molecule has 1 aliphatic rings. The van der Waals surface area contributed by atoms with Gasteiger partial charge in [-0.25, -0.2) is 4.99 Å². The van der Waals surface area contributed by atoms with Crippen molar-refractivity contribution in [2.24, 2.45) is 4.99 Å². The van der Waals surface area contributed by atoms with E-state index in [1.165, 1.54) is 12.4 Å². The summed E-state index contributed by atoms with van der Waals surface area (Å²) in [6.45, 7) is 1.91. The lowest BCUT2D eigenvalue weighted by Gasteiger charge is -2.23. The van der Waals surface area contributed by atoms with E-state index in [1.54, 1.807) is 29.3 Å². The number of halogens is 1. The Morgan fingerprint density at radius 2 is 1.59 bits per heavy atom. The maximum atomic E-state index is 12.9. The highest BCUT2D eigenvalue weighted by Crippen LogP contribution is 2.22. The quantitative estimate of drug-likeness (QED) is 0.289. The van der Waals surface area contributed by atoms with Gasteiger partial charge in [0.1, 0.15) is 0 Å². The molecule has 0 unspecified atom stereocenters. The van der Waals surface area contributed by atoms with Crippen LogP contribution >= 0.6 is 11.6 Å². The second kappa shape index (κ2) is 12.6. The molecule has 0 aromatic heterocycles. The highest BCUT2D eigenvalue weighted by molar-refractivity contribution is 6.30. The van der Waals surface area contributed by atoms with E-state index in [2.05, 4.69) is 22.5 Å². The Hall–Kier alpha value is -4.23. The molecule has 0 bridgehead atoms. The van der Waals surface area contributed by atoms with Gasteiger partial charge < -0.3 is 15.7 Å². The summed E-state index contributed by atoms with van der Waals surface area (Å²) < 4.78 is 0. The van der Waals surface area contributed by atoms with Gasteiger partial charge in [-0.2, -0.15) is 0 Å². The van der Waals surface area contributed by atoms with Crippen LogP contribution in [0, 0.1) is 10.8 Å². The van der Waals surface area contributed by atoms with Gasteiger partial charge >= 0.3 is 0 Å². The minimum absolute atomic E-state index is 0.235. The third kappa shape index (κ3) is 6.92. The van der Waals surface area contributed by atoms with Gasteiger partial charge in [0, 0.05) is 34.9 Å². The molecule has 0 fully saturated rings. The molecule has 8 heteroatoms. The largest absolute Gasteiger partial charge is 0.371 e. The maximum absolute atomic E-state index is 12.9. The lowest BCUT2D eigenvalue weighted by atomic mass is 10.1. The first-order valence-electron chi connectivity index (χ1n) is 12.1. The number of hydrogen-bond donors (Lipinski definition) is 3. The molecule has 3 N–H and O–H groups in total. The number of amides is 1. The number of nitrogens with zero attached hydrogens (tertiary/aromatic N) is 3. The first kappa shape index (κ1) is 25.9. The van der Waals surface area contributed by atoms with Crippen LogP contribution in [-0.4, -0.2) is 48.8 Å². The van der Waals surface area contributed by atoms with E-state index < -0.39 is 0 Å². The summed E-state index contributed by atoms with van der Waals surface area (Å²) in [5.74, 6) is 0.441. The number of nitrogens with one attached hydrogen (secondary N) is 3. The predicted octanol–water partition coefficient (Wildman–Crippen LogP) is 5.67. The van der Waals surface area contributed by atoms with Gasteiger partial charge in [-0.1, -0.05) is 54.1 Å². The molecule has 7 nitrogen and oxygen atoms in total. The standard InChI is InChI=1S/C29H29ClN6O/c30-25-12-10-24(11-13-25)29(37)34-36-21-26(33-28(36)23-6-2-1-3-7-23)20-22-8-14-27(15-9-22)35(18-4-16-31)19-5-17-32/h1-3,6-17,20,31-32H,4-5,18-19,21H2,(H,34,37). The van der Waals surface area contributed by atoms with Gasteiger partial charge in [0.15, 0.2) is 5.84 Å². The molecule has 3 aromatic carbocycles. The minimum atomic E-state index is -0.235. The monoisotopic (exact) mass is 512 g/mol. The number of carbonyl (C=O) groups excluding carboxylic acids is 1. The Balaban J connectivity index is 1.54. The average Bonchev–Trinajstić information content (AvgIpc) is 3.32. The maximum Gasteiger partial charge on any atom is 0.269 e. The minimum Gasteiger partial charge on any atom is -0.371 e. The molecule has 1 aliphatic heterocycles. The van der Waals surface area contributed by atoms with Gasteiger partial charge in [0.05, 0.1) is 12.2 Å². The van der Waals surface area contributed by atoms with Gasteiger partial charge in [-0.05, 0) is 73.3 Å². The van der Waals surface area contributed by atoms with Crippen LogP contribution in [0.2, 0.25) is 5.02 Å². The average molecular weight is 513 g/mol. The molecule has 1 heterocycles. The fraction of sp³-hybridized carbons (Fsp3) is 0.172. The van der Waals surface area contributed by atoms with Crippen molar-refractivity contribution >= 4 is 47.5 Å². The zero-order chi connectivity index (χ0) is 26.0. The topological polar surface area (TPSA) is 95.6 Å². The van der Waals surface area contributed by atoms with Gasteiger partial charge in [-0.3, -0.25) is 15.2 Å². The SMILES string of the molecule is N=CCCN(CCC=N)c1ccc(C=C2CN(NC(=O)c3ccc(Cl)cc3)C(c3ccccc3)=N2)cc1. The zero-order valence-corrected chi connectivity index (χ0v) is 21.2. The second-order valence-electron chi connectivity index (χ2n) is 8.54. The van der Waals surface area contributed by atoms with Crippen molar-refractivity contribution in [1.29, 1.82) is 10.8 Å². The molecule has 0 radical (unpaired) electrons. The van der Waals surface area contributed by atoms with Crippen LogP contribution in [0.25, 0.3) is 6.08 Å². The van der Waals surface area contributed by atoms with Gasteiger partial charge in [0.2, 0.25) is 0 Å². The number of aliphatic imine (C=N–C) groups is 1. The Labute approximate surface area is 222 Å². The Morgan fingerprint density at radius 3 is 2.22 bits per heavy atom. The summed E-state index contributed by atoms with van der Waals surface area (Å²) in [6, 6.07) is 24.7. The van der Waals surface area contributed by atoms with Crippen LogP contribution in [-0.2, 0) is 0 Å². The molecule has 0 saturated carbocycles. The third-order valence-electron chi connectivity index (χ3n) is 5.88. The second-order valence-corrected chi connectivity index (χ2v) is 8.97. The van der Waals surface area contributed by atoms with Crippen molar-refractivity contribution in [2.45, 2.75) is 12.8 Å². The van der Waals surface area contributed by atoms with Crippen LogP contribution < -0.4 is 10.3 Å². The van der Waals surface area contributed by atoms with Gasteiger partial charge in [0.25, 0.3) is 5.91 Å². The molecule has 37 heavy (non-hydrogen) atoms. The van der Waals surface area contributed by atoms with E-state index in [-0.39, 0.29) is 5.91 Å². The first-order valence-corrected chi connectivity index (χ1v) is 12.5.